The first kappa shape index (κ1) is 24.3. The maximum absolute atomic E-state index is 12.8. The van der Waals surface area contributed by atoms with Crippen LogP contribution in [0.4, 0.5) is 4.79 Å². The minimum Gasteiger partial charge on any atom is -0.504 e. The van der Waals surface area contributed by atoms with E-state index < -0.39 is 35.0 Å². The zero-order valence-corrected chi connectivity index (χ0v) is 19.0. The Kier molecular flexibility index (Phi) is 7.20. The van der Waals surface area contributed by atoms with Crippen molar-refractivity contribution in [3.8, 4) is 34.3 Å². The normalized spacial score (nSPS) is 10.6. The number of hydrogen-bond acceptors (Lipinski definition) is 9. The maximum Gasteiger partial charge on any atom is 0.415 e. The Bertz CT molecular complexity index is 1300. The molecule has 0 saturated carbocycles. The van der Waals surface area contributed by atoms with Crippen LogP contribution < -0.4 is 19.6 Å². The quantitative estimate of drug-likeness (QED) is 0.422. The number of hydrogen-bond donors (Lipinski definition) is 1. The first-order valence-corrected chi connectivity index (χ1v) is 10.4. The monoisotopic (exact) mass is 469 g/mol. The molecule has 10 heteroatoms. The van der Waals surface area contributed by atoms with Crippen LogP contribution in [0.3, 0.4) is 0 Å². The topological polar surface area (TPSA) is 133 Å². The summed E-state index contributed by atoms with van der Waals surface area (Å²) >= 11 is 0. The van der Waals surface area contributed by atoms with Crippen LogP contribution in [0.25, 0.3) is 22.3 Å². The summed E-state index contributed by atoms with van der Waals surface area (Å²) in [6.45, 7) is 6.93. The van der Waals surface area contributed by atoms with Crippen molar-refractivity contribution in [2.75, 3.05) is 13.1 Å². The molecule has 10 nitrogen and oxygen atoms in total. The van der Waals surface area contributed by atoms with Gasteiger partial charge < -0.3 is 28.6 Å². The van der Waals surface area contributed by atoms with Gasteiger partial charge in [-0.15, -0.1) is 0 Å². The zero-order chi connectivity index (χ0) is 25.0. The second kappa shape index (κ2) is 10.1. The number of phenolic OH excluding ortho intramolecular Hbond substituents is 1. The van der Waals surface area contributed by atoms with E-state index in [1.807, 2.05) is 13.8 Å². The van der Waals surface area contributed by atoms with Gasteiger partial charge in [-0.3, -0.25) is 14.4 Å². The maximum atomic E-state index is 12.8. The molecule has 0 unspecified atom stereocenters. The van der Waals surface area contributed by atoms with Crippen LogP contribution >= 0.6 is 0 Å². The Balaban J connectivity index is 2.02. The van der Waals surface area contributed by atoms with Crippen LogP contribution in [0.15, 0.2) is 45.6 Å². The van der Waals surface area contributed by atoms with Crippen LogP contribution in [0.2, 0.25) is 0 Å². The van der Waals surface area contributed by atoms with E-state index in [2.05, 4.69) is 0 Å². The van der Waals surface area contributed by atoms with Crippen molar-refractivity contribution in [3.63, 3.8) is 0 Å². The predicted molar refractivity (Wildman–Crippen MR) is 121 cm³/mol. The summed E-state index contributed by atoms with van der Waals surface area (Å²) in [5, 5.41) is 10.3. The molecule has 1 aromatic heterocycles. The Morgan fingerprint density at radius 2 is 1.56 bits per heavy atom. The number of carbonyl (C=O) groups is 3. The SMILES string of the molecule is CCN(CC)C(=O)Oc1ccc(-c2cc(=O)c3c(O)c(OC(C)=O)c(OC(C)=O)cc3o2)cc1. The molecule has 0 spiro atoms. The van der Waals surface area contributed by atoms with Crippen molar-refractivity contribution in [2.24, 2.45) is 0 Å². The summed E-state index contributed by atoms with van der Waals surface area (Å²) in [4.78, 5) is 49.3. The zero-order valence-electron chi connectivity index (χ0n) is 19.0. The van der Waals surface area contributed by atoms with Gasteiger partial charge in [-0.2, -0.15) is 0 Å². The Hall–Kier alpha value is -4.34. The summed E-state index contributed by atoms with van der Waals surface area (Å²) in [6.07, 6.45) is -0.480. The Morgan fingerprint density at radius 3 is 2.12 bits per heavy atom. The van der Waals surface area contributed by atoms with Crippen LogP contribution in [-0.4, -0.2) is 41.1 Å². The first-order chi connectivity index (χ1) is 16.1. The average Bonchev–Trinajstić information content (AvgIpc) is 2.76. The molecule has 0 fully saturated rings. The van der Waals surface area contributed by atoms with E-state index in [4.69, 9.17) is 18.6 Å². The smallest absolute Gasteiger partial charge is 0.415 e. The van der Waals surface area contributed by atoms with Gasteiger partial charge in [-0.1, -0.05) is 0 Å². The number of esters is 2. The van der Waals surface area contributed by atoms with E-state index in [0.29, 0.717) is 24.4 Å². The second-order valence-electron chi connectivity index (χ2n) is 7.15. The molecular formula is C24H23NO9. The minimum absolute atomic E-state index is 0.0933. The van der Waals surface area contributed by atoms with Crippen LogP contribution in [-0.2, 0) is 9.59 Å². The third kappa shape index (κ3) is 5.17. The lowest BCUT2D eigenvalue weighted by Crippen LogP contribution is -2.33. The number of ether oxygens (including phenoxy) is 3. The number of benzene rings is 2. The van der Waals surface area contributed by atoms with Crippen molar-refractivity contribution in [1.29, 1.82) is 0 Å². The fourth-order valence-corrected chi connectivity index (χ4v) is 3.21. The van der Waals surface area contributed by atoms with Gasteiger partial charge >= 0.3 is 18.0 Å². The van der Waals surface area contributed by atoms with E-state index in [0.717, 1.165) is 19.9 Å². The van der Waals surface area contributed by atoms with Gasteiger partial charge in [0.1, 0.15) is 22.5 Å². The highest BCUT2D eigenvalue weighted by atomic mass is 16.6. The van der Waals surface area contributed by atoms with E-state index in [9.17, 15) is 24.3 Å². The number of nitrogens with zero attached hydrogens (tertiary/aromatic N) is 1. The van der Waals surface area contributed by atoms with E-state index in [-0.39, 0.29) is 22.5 Å². The molecule has 0 aliphatic carbocycles. The fourth-order valence-electron chi connectivity index (χ4n) is 3.21. The van der Waals surface area contributed by atoms with E-state index in [1.54, 1.807) is 24.3 Å². The van der Waals surface area contributed by atoms with Gasteiger partial charge in [0.15, 0.2) is 16.9 Å². The summed E-state index contributed by atoms with van der Waals surface area (Å²) in [7, 11) is 0. The molecule has 0 radical (unpaired) electrons. The van der Waals surface area contributed by atoms with Gasteiger partial charge in [-0.05, 0) is 38.1 Å². The molecule has 3 rings (SSSR count). The molecule has 1 heterocycles. The van der Waals surface area contributed by atoms with Crippen molar-refractivity contribution in [3.05, 3.63) is 46.6 Å². The van der Waals surface area contributed by atoms with E-state index in [1.165, 1.54) is 11.0 Å². The van der Waals surface area contributed by atoms with Crippen molar-refractivity contribution in [1.82, 2.24) is 4.90 Å². The van der Waals surface area contributed by atoms with Crippen LogP contribution in [0, 0.1) is 0 Å². The van der Waals surface area contributed by atoms with E-state index >= 15 is 0 Å². The summed E-state index contributed by atoms with van der Waals surface area (Å²) in [6, 6.07) is 8.62. The lowest BCUT2D eigenvalue weighted by atomic mass is 10.1. The van der Waals surface area contributed by atoms with Crippen molar-refractivity contribution >= 4 is 29.0 Å². The molecule has 0 saturated heterocycles. The molecule has 1 N–H and O–H groups in total. The first-order valence-electron chi connectivity index (χ1n) is 10.4. The molecule has 178 valence electrons. The van der Waals surface area contributed by atoms with Crippen molar-refractivity contribution in [2.45, 2.75) is 27.7 Å². The minimum atomic E-state index is -0.786. The van der Waals surface area contributed by atoms with Gasteiger partial charge in [-0.25, -0.2) is 4.79 Å². The lowest BCUT2D eigenvalue weighted by Gasteiger charge is -2.17. The molecule has 0 bridgehead atoms. The summed E-state index contributed by atoms with van der Waals surface area (Å²) in [5.74, 6) is -2.51. The number of phenols is 1. The highest BCUT2D eigenvalue weighted by Gasteiger charge is 2.23. The van der Waals surface area contributed by atoms with Gasteiger partial charge in [0.25, 0.3) is 0 Å². The molecule has 0 atom stereocenters. The fraction of sp³-hybridized carbons (Fsp3) is 0.250. The standard InChI is InChI=1S/C24H23NO9/c1-5-25(6-2)24(30)33-16-9-7-15(8-10-16)18-11-17(28)21-19(34-18)12-20(31-13(3)26)23(22(21)29)32-14(4)27/h7-12,29H,5-6H2,1-4H3. The molecule has 0 aliphatic heterocycles. The number of aromatic hydroxyl groups is 1. The number of carbonyl (C=O) groups excluding carboxylic acids is 3. The Labute approximate surface area is 194 Å². The second-order valence-corrected chi connectivity index (χ2v) is 7.15. The number of amides is 1. The average molecular weight is 469 g/mol. The molecule has 1 amide bonds. The highest BCUT2D eigenvalue weighted by Crippen LogP contribution is 2.42. The van der Waals surface area contributed by atoms with Gasteiger partial charge in [0.2, 0.25) is 5.75 Å². The lowest BCUT2D eigenvalue weighted by molar-refractivity contribution is -0.134. The summed E-state index contributed by atoms with van der Waals surface area (Å²) in [5.41, 5.74) is -0.225. The molecule has 34 heavy (non-hydrogen) atoms. The molecule has 0 aliphatic rings. The number of rotatable bonds is 6. The number of fused-ring (bicyclic) bond motifs is 1. The third-order valence-corrected chi connectivity index (χ3v) is 4.78. The predicted octanol–water partition coefficient (Wildman–Crippen LogP) is 3.86. The highest BCUT2D eigenvalue weighted by molar-refractivity contribution is 5.91. The molecular weight excluding hydrogens is 446 g/mol. The van der Waals surface area contributed by atoms with Crippen LogP contribution in [0.5, 0.6) is 23.0 Å². The van der Waals surface area contributed by atoms with Gasteiger partial charge in [0, 0.05) is 44.6 Å². The molecule has 3 aromatic rings. The summed E-state index contributed by atoms with van der Waals surface area (Å²) < 4.78 is 21.1. The largest absolute Gasteiger partial charge is 0.504 e. The third-order valence-electron chi connectivity index (χ3n) is 4.78. The van der Waals surface area contributed by atoms with Crippen LogP contribution in [0.1, 0.15) is 27.7 Å². The molecule has 2 aromatic carbocycles. The Morgan fingerprint density at radius 1 is 0.941 bits per heavy atom. The van der Waals surface area contributed by atoms with Gasteiger partial charge in [0.05, 0.1) is 0 Å². The van der Waals surface area contributed by atoms with Crippen molar-refractivity contribution < 1.29 is 38.1 Å².